The van der Waals surface area contributed by atoms with E-state index < -0.39 is 5.60 Å². The molecule has 1 aliphatic heterocycles. The standard InChI is InChI=1S/C16H31N5O3.HI/c1-16(2,3)24-14(23)10-19-15(18-5)20-12-6-8-21(9-7-12)11-13(22)17-4;/h12H,6-11H2,1-5H3,(H,17,22)(H2,18,19,20);1H. The molecule has 1 saturated heterocycles. The summed E-state index contributed by atoms with van der Waals surface area (Å²) in [5, 5.41) is 8.93. The lowest BCUT2D eigenvalue weighted by atomic mass is 10.1. The van der Waals surface area contributed by atoms with E-state index in [9.17, 15) is 9.59 Å². The minimum Gasteiger partial charge on any atom is -0.459 e. The van der Waals surface area contributed by atoms with Crippen LogP contribution in [-0.4, -0.2) is 74.7 Å². The molecule has 0 spiro atoms. The van der Waals surface area contributed by atoms with Gasteiger partial charge in [0.05, 0.1) is 6.54 Å². The molecule has 25 heavy (non-hydrogen) atoms. The number of hydrogen-bond donors (Lipinski definition) is 3. The number of likely N-dealkylation sites (N-methyl/N-ethyl adjacent to an activating group) is 1. The van der Waals surface area contributed by atoms with Crippen LogP contribution in [0, 0.1) is 0 Å². The maximum Gasteiger partial charge on any atom is 0.325 e. The quantitative estimate of drug-likeness (QED) is 0.233. The number of halogens is 1. The Labute approximate surface area is 167 Å². The molecule has 1 rings (SSSR count). The summed E-state index contributed by atoms with van der Waals surface area (Å²) < 4.78 is 5.26. The number of aliphatic imine (C=N–C) groups is 1. The lowest BCUT2D eigenvalue weighted by Crippen LogP contribution is -2.50. The molecule has 0 saturated carbocycles. The zero-order valence-corrected chi connectivity index (χ0v) is 18.2. The van der Waals surface area contributed by atoms with Gasteiger partial charge in [0.15, 0.2) is 5.96 Å². The molecule has 0 atom stereocenters. The topological polar surface area (TPSA) is 95.1 Å². The van der Waals surface area contributed by atoms with Crippen molar-refractivity contribution < 1.29 is 14.3 Å². The molecule has 1 aliphatic rings. The van der Waals surface area contributed by atoms with Crippen molar-refractivity contribution in [2.45, 2.75) is 45.3 Å². The number of piperidine rings is 1. The number of nitrogens with one attached hydrogen (secondary N) is 3. The maximum absolute atomic E-state index is 11.7. The summed E-state index contributed by atoms with van der Waals surface area (Å²) in [5.74, 6) is 0.313. The van der Waals surface area contributed by atoms with E-state index in [0.29, 0.717) is 12.5 Å². The molecule has 146 valence electrons. The first kappa shape index (κ1) is 23.9. The van der Waals surface area contributed by atoms with Crippen LogP contribution in [-0.2, 0) is 14.3 Å². The smallest absolute Gasteiger partial charge is 0.325 e. The second-order valence-corrected chi connectivity index (χ2v) is 6.88. The highest BCUT2D eigenvalue weighted by Crippen LogP contribution is 2.10. The van der Waals surface area contributed by atoms with Crippen molar-refractivity contribution in [1.82, 2.24) is 20.9 Å². The molecule has 8 nitrogen and oxygen atoms in total. The molecule has 0 aromatic carbocycles. The lowest BCUT2D eigenvalue weighted by molar-refractivity contribution is -0.153. The van der Waals surface area contributed by atoms with Crippen molar-refractivity contribution in [3.05, 3.63) is 0 Å². The number of guanidine groups is 1. The minimum absolute atomic E-state index is 0. The highest BCUT2D eigenvalue weighted by atomic mass is 127. The van der Waals surface area contributed by atoms with Crippen molar-refractivity contribution >= 4 is 41.8 Å². The summed E-state index contributed by atoms with van der Waals surface area (Å²) in [5.41, 5.74) is -0.493. The van der Waals surface area contributed by atoms with E-state index in [1.54, 1.807) is 14.1 Å². The molecular formula is C16H32IN5O3. The molecule has 0 aromatic heterocycles. The number of hydrogen-bond acceptors (Lipinski definition) is 5. The Bertz CT molecular complexity index is 457. The lowest BCUT2D eigenvalue weighted by Gasteiger charge is -2.32. The maximum atomic E-state index is 11.7. The van der Waals surface area contributed by atoms with Crippen molar-refractivity contribution in [3.8, 4) is 0 Å². The van der Waals surface area contributed by atoms with E-state index in [-0.39, 0.29) is 48.4 Å². The van der Waals surface area contributed by atoms with Crippen LogP contribution in [0.2, 0.25) is 0 Å². The van der Waals surface area contributed by atoms with Gasteiger partial charge < -0.3 is 20.7 Å². The second kappa shape index (κ2) is 11.5. The summed E-state index contributed by atoms with van der Waals surface area (Å²) in [6.45, 7) is 7.74. The van der Waals surface area contributed by atoms with Crippen LogP contribution in [0.1, 0.15) is 33.6 Å². The Morgan fingerprint density at radius 1 is 1.24 bits per heavy atom. The van der Waals surface area contributed by atoms with E-state index in [4.69, 9.17) is 4.74 Å². The number of ether oxygens (including phenoxy) is 1. The number of esters is 1. The van der Waals surface area contributed by atoms with Gasteiger partial charge in [0, 0.05) is 33.2 Å². The largest absolute Gasteiger partial charge is 0.459 e. The number of likely N-dealkylation sites (tertiary alicyclic amines) is 1. The van der Waals surface area contributed by atoms with Crippen molar-refractivity contribution in [2.75, 3.05) is 40.3 Å². The highest BCUT2D eigenvalue weighted by molar-refractivity contribution is 14.0. The van der Waals surface area contributed by atoms with Crippen LogP contribution < -0.4 is 16.0 Å². The van der Waals surface area contributed by atoms with E-state index in [2.05, 4.69) is 25.8 Å². The molecule has 0 aromatic rings. The molecule has 0 radical (unpaired) electrons. The van der Waals surface area contributed by atoms with Gasteiger partial charge in [-0.05, 0) is 33.6 Å². The molecule has 3 N–H and O–H groups in total. The van der Waals surface area contributed by atoms with Crippen LogP contribution in [0.25, 0.3) is 0 Å². The fourth-order valence-electron chi connectivity index (χ4n) is 2.44. The molecule has 0 unspecified atom stereocenters. The van der Waals surface area contributed by atoms with Crippen LogP contribution >= 0.6 is 24.0 Å². The van der Waals surface area contributed by atoms with Gasteiger partial charge in [0.2, 0.25) is 5.91 Å². The van der Waals surface area contributed by atoms with Crippen molar-refractivity contribution in [2.24, 2.45) is 4.99 Å². The minimum atomic E-state index is -0.493. The Hall–Kier alpha value is -1.10. The molecule has 0 bridgehead atoms. The molecule has 1 heterocycles. The average molecular weight is 469 g/mol. The monoisotopic (exact) mass is 469 g/mol. The first-order valence-electron chi connectivity index (χ1n) is 8.35. The van der Waals surface area contributed by atoms with Gasteiger partial charge >= 0.3 is 5.97 Å². The molecule has 9 heteroatoms. The Balaban J connectivity index is 0.00000576. The summed E-state index contributed by atoms with van der Waals surface area (Å²) in [4.78, 5) is 29.4. The highest BCUT2D eigenvalue weighted by Gasteiger charge is 2.22. The Morgan fingerprint density at radius 3 is 2.32 bits per heavy atom. The number of nitrogens with zero attached hydrogens (tertiary/aromatic N) is 2. The normalized spacial score (nSPS) is 16.6. The summed E-state index contributed by atoms with van der Waals surface area (Å²) in [6, 6.07) is 0.274. The number of rotatable bonds is 5. The van der Waals surface area contributed by atoms with Crippen molar-refractivity contribution in [3.63, 3.8) is 0 Å². The van der Waals surface area contributed by atoms with Gasteiger partial charge in [-0.3, -0.25) is 19.5 Å². The Kier molecular flexibility index (Phi) is 11.0. The third-order valence-corrected chi connectivity index (χ3v) is 3.62. The second-order valence-electron chi connectivity index (χ2n) is 6.88. The molecule has 1 amide bonds. The van der Waals surface area contributed by atoms with Crippen LogP contribution in [0.4, 0.5) is 0 Å². The van der Waals surface area contributed by atoms with Crippen molar-refractivity contribution in [1.29, 1.82) is 0 Å². The summed E-state index contributed by atoms with van der Waals surface area (Å²) in [6.07, 6.45) is 1.84. The third kappa shape index (κ3) is 10.5. The molecule has 1 fully saturated rings. The zero-order chi connectivity index (χ0) is 18.2. The average Bonchev–Trinajstić information content (AvgIpc) is 2.51. The SMILES string of the molecule is CN=C(NCC(=O)OC(C)(C)C)NC1CCN(CC(=O)NC)CC1.I. The number of carbonyl (C=O) groups excluding carboxylic acids is 2. The van der Waals surface area contributed by atoms with Gasteiger partial charge in [-0.25, -0.2) is 0 Å². The van der Waals surface area contributed by atoms with Gasteiger partial charge in [-0.1, -0.05) is 0 Å². The predicted molar refractivity (Wildman–Crippen MR) is 109 cm³/mol. The Morgan fingerprint density at radius 2 is 1.84 bits per heavy atom. The van der Waals surface area contributed by atoms with Gasteiger partial charge in [0.25, 0.3) is 0 Å². The summed E-state index contributed by atoms with van der Waals surface area (Å²) >= 11 is 0. The van der Waals surface area contributed by atoms with Gasteiger partial charge in [-0.2, -0.15) is 0 Å². The van der Waals surface area contributed by atoms with E-state index in [1.165, 1.54) is 0 Å². The van der Waals surface area contributed by atoms with E-state index in [0.717, 1.165) is 25.9 Å². The number of amides is 1. The zero-order valence-electron chi connectivity index (χ0n) is 15.8. The van der Waals surface area contributed by atoms with Crippen LogP contribution in [0.3, 0.4) is 0 Å². The predicted octanol–water partition coefficient (Wildman–Crippen LogP) is 0.322. The number of carbonyl (C=O) groups is 2. The third-order valence-electron chi connectivity index (χ3n) is 3.62. The van der Waals surface area contributed by atoms with E-state index in [1.807, 2.05) is 20.8 Å². The first-order chi connectivity index (χ1) is 11.2. The molecular weight excluding hydrogens is 437 g/mol. The fraction of sp³-hybridized carbons (Fsp3) is 0.812. The first-order valence-corrected chi connectivity index (χ1v) is 8.35. The summed E-state index contributed by atoms with van der Waals surface area (Å²) in [7, 11) is 3.32. The van der Waals surface area contributed by atoms with Crippen LogP contribution in [0.15, 0.2) is 4.99 Å². The van der Waals surface area contributed by atoms with Gasteiger partial charge in [0.1, 0.15) is 12.1 Å². The fourth-order valence-corrected chi connectivity index (χ4v) is 2.44. The van der Waals surface area contributed by atoms with Crippen LogP contribution in [0.5, 0.6) is 0 Å². The van der Waals surface area contributed by atoms with E-state index >= 15 is 0 Å². The molecule has 0 aliphatic carbocycles. The van der Waals surface area contributed by atoms with Gasteiger partial charge in [-0.15, -0.1) is 24.0 Å².